The van der Waals surface area contributed by atoms with Crippen molar-refractivity contribution in [2.75, 3.05) is 31.2 Å². The molecule has 1 aliphatic rings. The van der Waals surface area contributed by atoms with Crippen molar-refractivity contribution in [2.45, 2.75) is 32.2 Å². The van der Waals surface area contributed by atoms with Crippen LogP contribution in [0.25, 0.3) is 0 Å². The third-order valence-electron chi connectivity index (χ3n) is 3.39. The van der Waals surface area contributed by atoms with E-state index in [4.69, 9.17) is 5.73 Å². The lowest BCUT2D eigenvalue weighted by Gasteiger charge is -2.15. The summed E-state index contributed by atoms with van der Waals surface area (Å²) >= 11 is 0. The summed E-state index contributed by atoms with van der Waals surface area (Å²) in [7, 11) is 4.09. The van der Waals surface area contributed by atoms with Crippen LogP contribution in [0.3, 0.4) is 0 Å². The molecule has 0 bridgehead atoms. The maximum atomic E-state index is 6.16. The smallest absolute Gasteiger partial charge is 0.148 e. The SMILES string of the molecule is CC(C)c1nn(C)c(NC2CCN(C)C2)c1N. The minimum atomic E-state index is 0.364. The molecule has 1 aromatic heterocycles. The van der Waals surface area contributed by atoms with Crippen LogP contribution in [-0.4, -0.2) is 40.9 Å². The van der Waals surface area contributed by atoms with Gasteiger partial charge in [-0.3, -0.25) is 4.68 Å². The van der Waals surface area contributed by atoms with Crippen molar-refractivity contribution in [2.24, 2.45) is 7.05 Å². The van der Waals surface area contributed by atoms with E-state index in [1.165, 1.54) is 0 Å². The molecule has 1 saturated heterocycles. The van der Waals surface area contributed by atoms with Gasteiger partial charge in [-0.25, -0.2) is 0 Å². The van der Waals surface area contributed by atoms with Crippen molar-refractivity contribution in [3.63, 3.8) is 0 Å². The first-order chi connectivity index (χ1) is 7.99. The summed E-state index contributed by atoms with van der Waals surface area (Å²) in [5, 5.41) is 8.00. The van der Waals surface area contributed by atoms with Gasteiger partial charge in [0.15, 0.2) is 0 Å². The minimum Gasteiger partial charge on any atom is -0.394 e. The number of likely N-dealkylation sites (N-methyl/N-ethyl adjacent to an activating group) is 1. The van der Waals surface area contributed by atoms with Gasteiger partial charge < -0.3 is 16.0 Å². The van der Waals surface area contributed by atoms with Crippen molar-refractivity contribution in [1.82, 2.24) is 14.7 Å². The predicted octanol–water partition coefficient (Wildman–Crippen LogP) is 1.24. The van der Waals surface area contributed by atoms with E-state index in [2.05, 4.69) is 36.2 Å². The van der Waals surface area contributed by atoms with Crippen molar-refractivity contribution in [1.29, 1.82) is 0 Å². The Morgan fingerprint density at radius 2 is 2.12 bits per heavy atom. The van der Waals surface area contributed by atoms with E-state index >= 15 is 0 Å². The van der Waals surface area contributed by atoms with Crippen LogP contribution >= 0.6 is 0 Å². The van der Waals surface area contributed by atoms with Crippen LogP contribution in [0.2, 0.25) is 0 Å². The maximum absolute atomic E-state index is 6.16. The van der Waals surface area contributed by atoms with E-state index in [1.807, 2.05) is 11.7 Å². The molecule has 5 heteroatoms. The first-order valence-corrected chi connectivity index (χ1v) is 6.26. The summed E-state index contributed by atoms with van der Waals surface area (Å²) < 4.78 is 1.86. The fourth-order valence-corrected chi connectivity index (χ4v) is 2.40. The van der Waals surface area contributed by atoms with Crippen molar-refractivity contribution in [3.8, 4) is 0 Å². The quantitative estimate of drug-likeness (QED) is 0.830. The molecular weight excluding hydrogens is 214 g/mol. The largest absolute Gasteiger partial charge is 0.394 e. The molecule has 0 saturated carbocycles. The average molecular weight is 237 g/mol. The normalized spacial score (nSPS) is 21.4. The summed E-state index contributed by atoms with van der Waals surface area (Å²) in [5.74, 6) is 1.33. The topological polar surface area (TPSA) is 59.1 Å². The van der Waals surface area contributed by atoms with E-state index in [0.29, 0.717) is 12.0 Å². The Bertz CT molecular complexity index is 396. The van der Waals surface area contributed by atoms with Crippen LogP contribution in [0.4, 0.5) is 11.5 Å². The Morgan fingerprint density at radius 3 is 2.59 bits per heavy atom. The standard InChI is InChI=1S/C12H23N5/c1-8(2)11-10(13)12(17(4)15-11)14-9-5-6-16(3)7-9/h8-9,14H,5-7,13H2,1-4H3. The molecule has 2 rings (SSSR count). The van der Waals surface area contributed by atoms with Gasteiger partial charge in [0, 0.05) is 19.6 Å². The zero-order chi connectivity index (χ0) is 12.6. The van der Waals surface area contributed by atoms with Gasteiger partial charge in [-0.1, -0.05) is 13.8 Å². The lowest BCUT2D eigenvalue weighted by Crippen LogP contribution is -2.25. The van der Waals surface area contributed by atoms with Crippen LogP contribution in [0.1, 0.15) is 31.9 Å². The predicted molar refractivity (Wildman–Crippen MR) is 71.2 cm³/mol. The number of likely N-dealkylation sites (tertiary alicyclic amines) is 1. The highest BCUT2D eigenvalue weighted by atomic mass is 15.3. The van der Waals surface area contributed by atoms with Crippen LogP contribution in [0.15, 0.2) is 0 Å². The number of aryl methyl sites for hydroxylation is 1. The number of hydrogen-bond donors (Lipinski definition) is 2. The van der Waals surface area contributed by atoms with Crippen molar-refractivity contribution < 1.29 is 0 Å². The Hall–Kier alpha value is -1.23. The first kappa shape index (κ1) is 12.2. The summed E-state index contributed by atoms with van der Waals surface area (Å²) in [4.78, 5) is 2.33. The molecule has 0 amide bonds. The molecule has 1 fully saturated rings. The fourth-order valence-electron chi connectivity index (χ4n) is 2.40. The second-order valence-corrected chi connectivity index (χ2v) is 5.32. The van der Waals surface area contributed by atoms with Crippen molar-refractivity contribution >= 4 is 11.5 Å². The van der Waals surface area contributed by atoms with Crippen LogP contribution in [0.5, 0.6) is 0 Å². The Balaban J connectivity index is 2.15. The van der Waals surface area contributed by atoms with Gasteiger partial charge in [0.25, 0.3) is 0 Å². The molecule has 1 aliphatic heterocycles. The molecular formula is C12H23N5. The molecule has 96 valence electrons. The summed E-state index contributed by atoms with van der Waals surface area (Å²) in [6.07, 6.45) is 1.16. The zero-order valence-corrected chi connectivity index (χ0v) is 11.2. The van der Waals surface area contributed by atoms with Gasteiger partial charge in [0.1, 0.15) is 5.82 Å². The number of anilines is 2. The third kappa shape index (κ3) is 2.39. The Morgan fingerprint density at radius 1 is 1.41 bits per heavy atom. The summed E-state index contributed by atoms with van der Waals surface area (Å²) in [6, 6.07) is 0.484. The van der Waals surface area contributed by atoms with Gasteiger partial charge in [-0.15, -0.1) is 0 Å². The second kappa shape index (κ2) is 4.56. The van der Waals surface area contributed by atoms with Gasteiger partial charge in [-0.05, 0) is 25.9 Å². The van der Waals surface area contributed by atoms with E-state index in [9.17, 15) is 0 Å². The molecule has 0 aliphatic carbocycles. The number of nitrogens with zero attached hydrogens (tertiary/aromatic N) is 3. The highest BCUT2D eigenvalue weighted by molar-refractivity contribution is 5.66. The molecule has 5 nitrogen and oxygen atoms in total. The molecule has 1 unspecified atom stereocenters. The highest BCUT2D eigenvalue weighted by Gasteiger charge is 2.23. The lowest BCUT2D eigenvalue weighted by molar-refractivity contribution is 0.414. The van der Waals surface area contributed by atoms with E-state index in [1.54, 1.807) is 0 Å². The molecule has 1 aromatic rings. The average Bonchev–Trinajstić information content (AvgIpc) is 2.77. The summed E-state index contributed by atoms with van der Waals surface area (Å²) in [5.41, 5.74) is 7.95. The lowest BCUT2D eigenvalue weighted by atomic mass is 10.1. The molecule has 0 radical (unpaired) electrons. The van der Waals surface area contributed by atoms with E-state index in [-0.39, 0.29) is 0 Å². The monoisotopic (exact) mass is 237 g/mol. The molecule has 2 heterocycles. The minimum absolute atomic E-state index is 0.364. The molecule has 0 spiro atoms. The van der Waals surface area contributed by atoms with Crippen LogP contribution in [-0.2, 0) is 7.05 Å². The van der Waals surface area contributed by atoms with E-state index in [0.717, 1.165) is 36.7 Å². The maximum Gasteiger partial charge on any atom is 0.148 e. The van der Waals surface area contributed by atoms with Crippen molar-refractivity contribution in [3.05, 3.63) is 5.69 Å². The fraction of sp³-hybridized carbons (Fsp3) is 0.750. The highest BCUT2D eigenvalue weighted by Crippen LogP contribution is 2.28. The summed E-state index contributed by atoms with van der Waals surface area (Å²) in [6.45, 7) is 6.45. The van der Waals surface area contributed by atoms with E-state index < -0.39 is 0 Å². The Kier molecular flexibility index (Phi) is 3.28. The number of nitrogen functional groups attached to an aromatic ring is 1. The molecule has 3 N–H and O–H groups in total. The van der Waals surface area contributed by atoms with Gasteiger partial charge >= 0.3 is 0 Å². The molecule has 17 heavy (non-hydrogen) atoms. The van der Waals surface area contributed by atoms with Gasteiger partial charge in [0.05, 0.1) is 11.4 Å². The Labute approximate surface area is 103 Å². The number of nitrogens with one attached hydrogen (secondary N) is 1. The molecule has 0 aromatic carbocycles. The zero-order valence-electron chi connectivity index (χ0n) is 11.2. The van der Waals surface area contributed by atoms with Gasteiger partial charge in [0.2, 0.25) is 0 Å². The number of aromatic nitrogens is 2. The second-order valence-electron chi connectivity index (χ2n) is 5.32. The number of nitrogens with two attached hydrogens (primary N) is 1. The van der Waals surface area contributed by atoms with Gasteiger partial charge in [-0.2, -0.15) is 5.10 Å². The number of hydrogen-bond acceptors (Lipinski definition) is 4. The third-order valence-corrected chi connectivity index (χ3v) is 3.39. The van der Waals surface area contributed by atoms with Crippen LogP contribution in [0, 0.1) is 0 Å². The first-order valence-electron chi connectivity index (χ1n) is 6.26. The number of rotatable bonds is 3. The molecule has 1 atom stereocenters. The van der Waals surface area contributed by atoms with Crippen LogP contribution < -0.4 is 11.1 Å².